The second-order valence-electron chi connectivity index (χ2n) is 8.63. The topological polar surface area (TPSA) is 73.0 Å². The average Bonchev–Trinajstić information content (AvgIpc) is 3.01. The number of nitrogens with one attached hydrogen (secondary N) is 1. The monoisotopic (exact) mass is 398 g/mol. The summed E-state index contributed by atoms with van der Waals surface area (Å²) in [6, 6.07) is 0. The summed E-state index contributed by atoms with van der Waals surface area (Å²) in [7, 11) is 4.07. The van der Waals surface area contributed by atoms with Gasteiger partial charge in [-0.15, -0.1) is 0 Å². The minimum absolute atomic E-state index is 0.0132. The number of thioether (sulfide) groups is 1. The molecule has 27 heavy (non-hydrogen) atoms. The molecule has 2 heterocycles. The second-order valence-corrected chi connectivity index (χ2v) is 9.67. The van der Waals surface area contributed by atoms with E-state index in [1.54, 1.807) is 4.90 Å². The van der Waals surface area contributed by atoms with Crippen molar-refractivity contribution in [3.8, 4) is 0 Å². The van der Waals surface area contributed by atoms with E-state index in [0.29, 0.717) is 45.4 Å². The van der Waals surface area contributed by atoms with Gasteiger partial charge in [-0.1, -0.05) is 25.6 Å². The van der Waals surface area contributed by atoms with Crippen molar-refractivity contribution in [1.29, 1.82) is 0 Å². The molecule has 0 unspecified atom stereocenters. The Kier molecular flexibility index (Phi) is 7.97. The summed E-state index contributed by atoms with van der Waals surface area (Å²) < 4.78 is 0. The highest BCUT2D eigenvalue weighted by Crippen LogP contribution is 2.21. The number of amides is 3. The molecule has 2 fully saturated rings. The highest BCUT2D eigenvalue weighted by Gasteiger charge is 2.29. The smallest absolute Gasteiger partial charge is 0.281 e. The number of hydrogen-bond donors (Lipinski definition) is 1. The van der Waals surface area contributed by atoms with Crippen LogP contribution < -0.4 is 5.32 Å². The molecule has 0 spiro atoms. The molecular weight excluding hydrogens is 364 g/mol. The van der Waals surface area contributed by atoms with E-state index in [2.05, 4.69) is 24.1 Å². The van der Waals surface area contributed by atoms with Gasteiger partial charge < -0.3 is 20.0 Å². The van der Waals surface area contributed by atoms with Crippen molar-refractivity contribution in [2.45, 2.75) is 33.1 Å². The first-order valence-corrected chi connectivity index (χ1v) is 10.8. The fourth-order valence-electron chi connectivity index (χ4n) is 3.79. The van der Waals surface area contributed by atoms with E-state index in [0.717, 1.165) is 18.8 Å². The maximum atomic E-state index is 12.5. The molecule has 1 N–H and O–H groups in total. The lowest BCUT2D eigenvalue weighted by Crippen LogP contribution is -2.46. The third-order valence-electron chi connectivity index (χ3n) is 5.14. The molecule has 3 amide bonds. The molecule has 0 aromatic heterocycles. The lowest BCUT2D eigenvalue weighted by Gasteiger charge is -2.33. The van der Waals surface area contributed by atoms with Crippen molar-refractivity contribution in [2.75, 3.05) is 59.1 Å². The molecule has 0 radical (unpaired) electrons. The van der Waals surface area contributed by atoms with E-state index in [4.69, 9.17) is 0 Å². The average molecular weight is 399 g/mol. The van der Waals surface area contributed by atoms with Crippen LogP contribution in [0.4, 0.5) is 4.79 Å². The van der Waals surface area contributed by atoms with Crippen LogP contribution in [0.3, 0.4) is 0 Å². The van der Waals surface area contributed by atoms with Gasteiger partial charge in [0.25, 0.3) is 5.24 Å². The fraction of sp³-hybridized carbons (Fsp3) is 0.842. The summed E-state index contributed by atoms with van der Waals surface area (Å²) in [5.41, 5.74) is 0.0289. The van der Waals surface area contributed by atoms with Crippen LogP contribution in [0.2, 0.25) is 0 Å². The first-order valence-electron chi connectivity index (χ1n) is 9.80. The van der Waals surface area contributed by atoms with Crippen LogP contribution in [0.25, 0.3) is 0 Å². The molecule has 2 saturated heterocycles. The number of rotatable bonds is 8. The van der Waals surface area contributed by atoms with E-state index in [1.807, 2.05) is 19.0 Å². The standard InChI is InChI=1S/C19H34N4O3S/c1-19(2,14-21(3)4)13-20-17(25)15-5-8-22(9-6-15)16(24)7-10-23-11-12-27-18(23)26/h15H,5-14H2,1-4H3,(H,20,25). The highest BCUT2D eigenvalue weighted by atomic mass is 32.2. The van der Waals surface area contributed by atoms with Crippen molar-refractivity contribution in [1.82, 2.24) is 20.0 Å². The number of hydrogen-bond acceptors (Lipinski definition) is 5. The van der Waals surface area contributed by atoms with Crippen LogP contribution >= 0.6 is 11.8 Å². The largest absolute Gasteiger partial charge is 0.355 e. The van der Waals surface area contributed by atoms with E-state index in [1.165, 1.54) is 11.8 Å². The lowest BCUT2D eigenvalue weighted by atomic mass is 9.91. The third-order valence-corrected chi connectivity index (χ3v) is 6.04. The Morgan fingerprint density at radius 1 is 1.22 bits per heavy atom. The Labute approximate surface area is 167 Å². The van der Waals surface area contributed by atoms with Gasteiger partial charge in [0.1, 0.15) is 0 Å². The predicted octanol–water partition coefficient (Wildman–Crippen LogP) is 1.49. The number of likely N-dealkylation sites (tertiary alicyclic amines) is 1. The zero-order valence-electron chi connectivity index (χ0n) is 17.1. The molecule has 154 valence electrons. The minimum Gasteiger partial charge on any atom is -0.355 e. The maximum Gasteiger partial charge on any atom is 0.281 e. The summed E-state index contributed by atoms with van der Waals surface area (Å²) in [4.78, 5) is 42.1. The Morgan fingerprint density at radius 3 is 2.44 bits per heavy atom. The fourth-order valence-corrected chi connectivity index (χ4v) is 4.64. The molecule has 2 aliphatic rings. The normalized spacial score (nSPS) is 19.1. The molecule has 2 rings (SSSR count). The number of nitrogens with zero attached hydrogens (tertiary/aromatic N) is 3. The molecule has 0 saturated carbocycles. The van der Waals surface area contributed by atoms with Crippen LogP contribution in [-0.4, -0.2) is 90.9 Å². The maximum absolute atomic E-state index is 12.5. The van der Waals surface area contributed by atoms with Crippen LogP contribution in [0, 0.1) is 11.3 Å². The van der Waals surface area contributed by atoms with Crippen molar-refractivity contribution in [2.24, 2.45) is 11.3 Å². The minimum atomic E-state index is -0.0132. The van der Waals surface area contributed by atoms with Gasteiger partial charge in [0.05, 0.1) is 0 Å². The van der Waals surface area contributed by atoms with Crippen LogP contribution in [0.5, 0.6) is 0 Å². The van der Waals surface area contributed by atoms with Gasteiger partial charge in [0.2, 0.25) is 11.8 Å². The van der Waals surface area contributed by atoms with E-state index in [9.17, 15) is 14.4 Å². The highest BCUT2D eigenvalue weighted by molar-refractivity contribution is 8.13. The van der Waals surface area contributed by atoms with Gasteiger partial charge in [-0.3, -0.25) is 14.4 Å². The summed E-state index contributed by atoms with van der Waals surface area (Å²) in [6.07, 6.45) is 1.80. The molecule has 2 aliphatic heterocycles. The van der Waals surface area contributed by atoms with Crippen molar-refractivity contribution in [3.63, 3.8) is 0 Å². The Bertz CT molecular complexity index is 545. The van der Waals surface area contributed by atoms with E-state index < -0.39 is 0 Å². The van der Waals surface area contributed by atoms with Gasteiger partial charge >= 0.3 is 0 Å². The van der Waals surface area contributed by atoms with Crippen molar-refractivity contribution < 1.29 is 14.4 Å². The summed E-state index contributed by atoms with van der Waals surface area (Å²) in [5, 5.41) is 3.17. The summed E-state index contributed by atoms with van der Waals surface area (Å²) in [6.45, 7) is 8.37. The molecule has 0 aliphatic carbocycles. The zero-order valence-corrected chi connectivity index (χ0v) is 17.9. The second kappa shape index (κ2) is 9.78. The van der Waals surface area contributed by atoms with Crippen molar-refractivity contribution >= 4 is 28.8 Å². The first kappa shape index (κ1) is 22.0. The van der Waals surface area contributed by atoms with E-state index >= 15 is 0 Å². The number of carbonyl (C=O) groups excluding carboxylic acids is 3. The third kappa shape index (κ3) is 6.99. The van der Waals surface area contributed by atoms with Crippen LogP contribution in [-0.2, 0) is 9.59 Å². The first-order chi connectivity index (χ1) is 12.7. The molecule has 0 aromatic carbocycles. The Morgan fingerprint density at radius 2 is 1.89 bits per heavy atom. The van der Waals surface area contributed by atoms with Gasteiger partial charge in [-0.25, -0.2) is 0 Å². The van der Waals surface area contributed by atoms with Crippen LogP contribution in [0.1, 0.15) is 33.1 Å². The Hall–Kier alpha value is -1.28. The molecule has 8 heteroatoms. The van der Waals surface area contributed by atoms with Gasteiger partial charge in [-0.05, 0) is 32.4 Å². The summed E-state index contributed by atoms with van der Waals surface area (Å²) >= 11 is 1.32. The van der Waals surface area contributed by atoms with Crippen molar-refractivity contribution in [3.05, 3.63) is 0 Å². The molecule has 0 bridgehead atoms. The van der Waals surface area contributed by atoms with Gasteiger partial charge in [0.15, 0.2) is 0 Å². The van der Waals surface area contributed by atoms with Gasteiger partial charge in [0, 0.05) is 57.4 Å². The van der Waals surface area contributed by atoms with E-state index in [-0.39, 0.29) is 28.4 Å². The molecule has 7 nitrogen and oxygen atoms in total. The number of piperidine rings is 1. The number of carbonyl (C=O) groups is 3. The summed E-state index contributed by atoms with van der Waals surface area (Å²) in [5.74, 6) is 0.999. The Balaban J connectivity index is 1.68. The van der Waals surface area contributed by atoms with Gasteiger partial charge in [-0.2, -0.15) is 0 Å². The molecular formula is C19H34N4O3S. The SMILES string of the molecule is CN(C)CC(C)(C)CNC(=O)C1CCN(C(=O)CCN2CCSC2=O)CC1. The quantitative estimate of drug-likeness (QED) is 0.671. The predicted molar refractivity (Wildman–Crippen MR) is 109 cm³/mol. The van der Waals surface area contributed by atoms with Crippen LogP contribution in [0.15, 0.2) is 0 Å². The molecule has 0 aromatic rings. The zero-order chi connectivity index (χ0) is 20.0. The lowest BCUT2D eigenvalue weighted by molar-refractivity contribution is -0.135. The molecule has 0 atom stereocenters.